The summed E-state index contributed by atoms with van der Waals surface area (Å²) in [6.07, 6.45) is 4.91. The molecule has 0 saturated heterocycles. The van der Waals surface area contributed by atoms with Crippen LogP contribution in [0.2, 0.25) is 0 Å². The smallest absolute Gasteiger partial charge is 0.309 e. The Hall–Kier alpha value is -13.6. The van der Waals surface area contributed by atoms with Gasteiger partial charge in [-0.1, -0.05) is 90.5 Å². The van der Waals surface area contributed by atoms with Gasteiger partial charge in [0.25, 0.3) is 10.1 Å². The molecule has 4 aliphatic rings. The molecular formula is C100H113ClO33S. The second kappa shape index (κ2) is 59.1. The van der Waals surface area contributed by atoms with Gasteiger partial charge in [-0.2, -0.15) is 8.42 Å². The molecule has 135 heavy (non-hydrogen) atoms. The van der Waals surface area contributed by atoms with Gasteiger partial charge in [0, 0.05) is 59.5 Å². The van der Waals surface area contributed by atoms with Crippen molar-refractivity contribution >= 4 is 86.1 Å². The molecule has 0 saturated carbocycles. The van der Waals surface area contributed by atoms with Crippen LogP contribution in [0.5, 0.6) is 46.0 Å². The van der Waals surface area contributed by atoms with E-state index >= 15 is 0 Å². The fourth-order valence-electron chi connectivity index (χ4n) is 12.5. The summed E-state index contributed by atoms with van der Waals surface area (Å²) in [7, 11) is 7.56. The van der Waals surface area contributed by atoms with E-state index in [4.69, 9.17) is 78.8 Å². The van der Waals surface area contributed by atoms with E-state index in [1.807, 2.05) is 55.5 Å². The van der Waals surface area contributed by atoms with Crippen molar-refractivity contribution in [2.45, 2.75) is 114 Å². The third-order valence-corrected chi connectivity index (χ3v) is 21.3. The predicted molar refractivity (Wildman–Crippen MR) is 491 cm³/mol. The largest absolute Gasteiger partial charge is 0.508 e. The standard InChI is InChI=1S/C18H18O5S.C14H18O5.C12H13ClO4.C12H14O5.C12H12O4.C12H16O4.C11H12O3.C9H10O3/c1-13-2-5-15(6-3-13)24(20,21)23-11-8-14-4-7-18-16(12-14)17(19)9-10-22-18;1-16-13(15)9-10-4-5-12-11(8-10)14(17-2,18-3)6-7-19-12;2*1-16-12(15)8-9-2-4-10(5-3-9)17-7-6-11(13)14;1-15-12(14)7-8-2-3-11-9(6-8)10(13)4-5-16-11;1-15-12(14)9-10-3-5-11(6-4-10)16-8-2-7-13;12-5-3-8-1-2-11-9(7-8)10(13)4-6-14-11;1-12-9(11)6-7-2-4-8(10)5-3-7/h2-7,12H,8-11H2,1H3;4-5,8H,6-7,9H2,1-3H3;2-5H,6-8H2,1H3;2-5H,6-8H2,1H3,(H,13,14);2-3,6H,4-5,7H2,1H3;3-6,13H,2,7-9H2,1H3;1-2,7,12H,3-6H2;2-5,10H,6H2,1H3. The number of rotatable bonds is 33. The average Bonchev–Trinajstić information content (AvgIpc) is 0.772. The number of esters is 6. The van der Waals surface area contributed by atoms with E-state index in [9.17, 15) is 61.2 Å². The molecule has 0 spiro atoms. The van der Waals surface area contributed by atoms with Crippen LogP contribution < -0.4 is 33.2 Å². The summed E-state index contributed by atoms with van der Waals surface area (Å²) < 4.78 is 105. The first-order valence-corrected chi connectivity index (χ1v) is 44.3. The Kier molecular flexibility index (Phi) is 48.2. The summed E-state index contributed by atoms with van der Waals surface area (Å²) in [6, 6.07) is 55.7. The molecule has 33 nitrogen and oxygen atoms in total. The van der Waals surface area contributed by atoms with E-state index in [0.717, 1.165) is 67.1 Å². The first kappa shape index (κ1) is 110. The van der Waals surface area contributed by atoms with Crippen molar-refractivity contribution in [2.75, 3.05) is 123 Å². The molecule has 0 aliphatic carbocycles. The summed E-state index contributed by atoms with van der Waals surface area (Å²) in [5.41, 5.74) is 10.4. The summed E-state index contributed by atoms with van der Waals surface area (Å²) in [5.74, 6) is 1.56. The molecule has 35 heteroatoms. The lowest BCUT2D eigenvalue weighted by Gasteiger charge is -2.36. The van der Waals surface area contributed by atoms with Gasteiger partial charge >= 0.3 is 41.8 Å². The van der Waals surface area contributed by atoms with Crippen molar-refractivity contribution in [3.8, 4) is 46.0 Å². The lowest BCUT2D eigenvalue weighted by Crippen LogP contribution is -2.36. The van der Waals surface area contributed by atoms with Gasteiger partial charge in [-0.25, -0.2) is 0 Å². The van der Waals surface area contributed by atoms with Gasteiger partial charge in [0.05, 0.1) is 174 Å². The zero-order valence-corrected chi connectivity index (χ0v) is 78.1. The van der Waals surface area contributed by atoms with Crippen molar-refractivity contribution in [2.24, 2.45) is 0 Å². The third kappa shape index (κ3) is 39.6. The molecule has 13 rings (SSSR count). The number of carbonyl (C=O) groups is 11. The number of benzene rings is 9. The summed E-state index contributed by atoms with van der Waals surface area (Å²) >= 11 is 5.17. The number of phenolic OH excluding ortho intramolecular Hbond substituents is 1. The maximum Gasteiger partial charge on any atom is 0.309 e. The lowest BCUT2D eigenvalue weighted by molar-refractivity contribution is -0.230. The number of hydrogen-bond donors (Lipinski definition) is 4. The highest BCUT2D eigenvalue weighted by Crippen LogP contribution is 2.41. The topological polar surface area (TPSA) is 451 Å². The SMILES string of the molecule is COC(=O)Cc1ccc(O)cc1.COC(=O)Cc1ccc(OCCC(=O)Cl)cc1.COC(=O)Cc1ccc(OCCC(=O)O)cc1.COC(=O)Cc1ccc(OCCCO)cc1.COC(=O)Cc1ccc2c(c1)C(=O)CCO2.COC(=O)Cc1ccc2c(c1)C(OC)(OC)CCO2.Cc1ccc(S(=O)(=O)OCCc2ccc3c(c2)C(=O)CCO3)cc1.O=C1CCOc2ccc(CCO)cc21. The number of aryl methyl sites for hydroxylation is 1. The number of ether oxygens (including phenoxy) is 15. The fourth-order valence-corrected chi connectivity index (χ4v) is 13.5. The quantitative estimate of drug-likeness (QED) is 0.00741. The molecule has 0 bridgehead atoms. The van der Waals surface area contributed by atoms with Gasteiger partial charge in [0.1, 0.15) is 46.0 Å². The highest BCUT2D eigenvalue weighted by atomic mass is 35.5. The number of carboxylic acid groups (broad SMARTS) is 1. The highest BCUT2D eigenvalue weighted by molar-refractivity contribution is 7.86. The number of ketones is 3. The van der Waals surface area contributed by atoms with E-state index in [2.05, 4.69) is 28.4 Å². The Morgan fingerprint density at radius 1 is 0.385 bits per heavy atom. The van der Waals surface area contributed by atoms with E-state index in [0.29, 0.717) is 123 Å². The van der Waals surface area contributed by atoms with Gasteiger partial charge < -0.3 is 91.5 Å². The Morgan fingerprint density at radius 3 is 1.09 bits per heavy atom. The monoisotopic (exact) mass is 1910 g/mol. The molecule has 0 aromatic heterocycles. The van der Waals surface area contributed by atoms with Gasteiger partial charge in [0.15, 0.2) is 17.3 Å². The number of methoxy groups -OCH3 is 8. The van der Waals surface area contributed by atoms with E-state index < -0.39 is 27.1 Å². The molecule has 0 unspecified atom stereocenters. The molecule has 9 aromatic rings. The first-order chi connectivity index (χ1) is 64.8. The van der Waals surface area contributed by atoms with Crippen LogP contribution in [-0.2, 0) is 148 Å². The number of aliphatic hydroxyl groups is 2. The Bertz CT molecular complexity index is 5370. The summed E-state index contributed by atoms with van der Waals surface area (Å²) in [5, 5.41) is 34.3. The number of halogens is 1. The first-order valence-electron chi connectivity index (χ1n) is 42.5. The summed E-state index contributed by atoms with van der Waals surface area (Å²) in [4.78, 5) is 122. The van der Waals surface area contributed by atoms with Crippen LogP contribution in [0.15, 0.2) is 199 Å². The zero-order valence-electron chi connectivity index (χ0n) is 76.6. The van der Waals surface area contributed by atoms with Crippen LogP contribution in [0.25, 0.3) is 0 Å². The lowest BCUT2D eigenvalue weighted by atomic mass is 9.96. The van der Waals surface area contributed by atoms with Crippen LogP contribution in [0.4, 0.5) is 0 Å². The molecule has 4 heterocycles. The van der Waals surface area contributed by atoms with Crippen LogP contribution >= 0.6 is 11.6 Å². The Balaban J connectivity index is 0.000000239. The van der Waals surface area contributed by atoms with Gasteiger partial charge in [0.2, 0.25) is 11.0 Å². The van der Waals surface area contributed by atoms with Crippen molar-refractivity contribution in [1.29, 1.82) is 0 Å². The number of aromatic hydroxyl groups is 1. The third-order valence-electron chi connectivity index (χ3n) is 19.8. The molecule has 9 aromatic carbocycles. The predicted octanol–water partition coefficient (Wildman–Crippen LogP) is 12.6. The molecule has 0 amide bonds. The number of aliphatic hydroxyl groups excluding tert-OH is 2. The molecule has 0 atom stereocenters. The maximum atomic E-state index is 12.1. The number of carboxylic acids is 1. The number of aliphatic carboxylic acids is 1. The second-order valence-corrected chi connectivity index (χ2v) is 31.5. The Morgan fingerprint density at radius 2 is 0.719 bits per heavy atom. The van der Waals surface area contributed by atoms with Crippen molar-refractivity contribution < 1.29 is 157 Å². The second-order valence-electron chi connectivity index (χ2n) is 29.4. The normalized spacial score (nSPS) is 12.5. The number of fused-ring (bicyclic) bond motifs is 4. The molecular weight excluding hydrogens is 1800 g/mol. The van der Waals surface area contributed by atoms with Crippen molar-refractivity contribution in [1.82, 2.24) is 0 Å². The number of Topliss-reactive ketones (excluding diaryl/α,β-unsaturated/α-hetero) is 3. The van der Waals surface area contributed by atoms with Crippen molar-refractivity contribution in [3.05, 3.63) is 266 Å². The van der Waals surface area contributed by atoms with Gasteiger partial charge in [-0.3, -0.25) is 56.9 Å². The number of hydrogen-bond acceptors (Lipinski definition) is 32. The minimum Gasteiger partial charge on any atom is -0.508 e. The van der Waals surface area contributed by atoms with Gasteiger partial charge in [-0.15, -0.1) is 0 Å². The molecule has 0 radical (unpaired) electrons. The highest BCUT2D eigenvalue weighted by Gasteiger charge is 2.39. The number of carbonyl (C=O) groups excluding carboxylic acids is 10. The van der Waals surface area contributed by atoms with Crippen molar-refractivity contribution in [3.63, 3.8) is 0 Å². The van der Waals surface area contributed by atoms with Crippen LogP contribution in [-0.4, -0.2) is 216 Å². The minimum absolute atomic E-state index is 0.0179. The molecule has 0 fully saturated rings. The van der Waals surface area contributed by atoms with Crippen LogP contribution in [0.3, 0.4) is 0 Å². The van der Waals surface area contributed by atoms with Gasteiger partial charge in [-0.05, 0) is 185 Å². The maximum absolute atomic E-state index is 12.1. The van der Waals surface area contributed by atoms with Crippen LogP contribution in [0.1, 0.15) is 132 Å². The molecule has 724 valence electrons. The van der Waals surface area contributed by atoms with E-state index in [1.54, 1.807) is 136 Å². The average molecular weight is 1910 g/mol. The fraction of sp³-hybridized carbons (Fsp3) is 0.350. The minimum atomic E-state index is -3.77. The number of phenols is 1. The Labute approximate surface area is 788 Å². The van der Waals surface area contributed by atoms with E-state index in [1.165, 1.54) is 66.9 Å². The zero-order chi connectivity index (χ0) is 98.7. The van der Waals surface area contributed by atoms with Crippen LogP contribution in [0, 0.1) is 6.92 Å². The molecule has 4 aliphatic heterocycles. The van der Waals surface area contributed by atoms with E-state index in [-0.39, 0.29) is 148 Å². The molecule has 4 N–H and O–H groups in total. The summed E-state index contributed by atoms with van der Waals surface area (Å²) in [6.45, 7) is 4.86.